The highest BCUT2D eigenvalue weighted by Gasteiger charge is 2.35. The van der Waals surface area contributed by atoms with Gasteiger partial charge in [-0.2, -0.15) is 4.31 Å². The molecule has 0 spiro atoms. The molecule has 2 saturated heterocycles. The molecule has 0 aliphatic carbocycles. The van der Waals surface area contributed by atoms with Gasteiger partial charge >= 0.3 is 0 Å². The number of sulfonamides is 1. The van der Waals surface area contributed by atoms with Crippen LogP contribution in [0.3, 0.4) is 0 Å². The molecule has 2 heterocycles. The molecule has 2 aliphatic rings. The molecule has 1 atom stereocenters. The van der Waals surface area contributed by atoms with E-state index >= 15 is 0 Å². The summed E-state index contributed by atoms with van der Waals surface area (Å²) in [5, 5.41) is 2.93. The average Bonchev–Trinajstić information content (AvgIpc) is 3.22. The van der Waals surface area contributed by atoms with Gasteiger partial charge < -0.3 is 10.2 Å². The lowest BCUT2D eigenvalue weighted by Gasteiger charge is -2.29. The van der Waals surface area contributed by atoms with Crippen molar-refractivity contribution in [3.63, 3.8) is 0 Å². The lowest BCUT2D eigenvalue weighted by Crippen LogP contribution is -2.37. The van der Waals surface area contributed by atoms with Gasteiger partial charge in [-0.25, -0.2) is 8.42 Å². The molecule has 7 nitrogen and oxygen atoms in total. The van der Waals surface area contributed by atoms with Crippen molar-refractivity contribution in [1.29, 1.82) is 0 Å². The molecule has 0 radical (unpaired) electrons. The van der Waals surface area contributed by atoms with Crippen LogP contribution in [0, 0.1) is 11.8 Å². The summed E-state index contributed by atoms with van der Waals surface area (Å²) in [5.41, 5.74) is 1.77. The summed E-state index contributed by atoms with van der Waals surface area (Å²) in [7, 11) is -3.53. The Morgan fingerprint density at radius 1 is 1.03 bits per heavy atom. The van der Waals surface area contributed by atoms with Crippen molar-refractivity contribution in [1.82, 2.24) is 9.62 Å². The van der Waals surface area contributed by atoms with E-state index in [1.165, 1.54) is 0 Å². The first kappa shape index (κ1) is 23.4. The highest BCUT2D eigenvalue weighted by molar-refractivity contribution is 7.89. The summed E-state index contributed by atoms with van der Waals surface area (Å²) in [6.45, 7) is 4.04. The lowest BCUT2D eigenvalue weighted by atomic mass is 10.0. The van der Waals surface area contributed by atoms with Crippen LogP contribution in [0.25, 0.3) is 0 Å². The van der Waals surface area contributed by atoms with Crippen molar-refractivity contribution in [3.05, 3.63) is 60.2 Å². The molecular formula is C25H31N3O4S. The summed E-state index contributed by atoms with van der Waals surface area (Å²) in [4.78, 5) is 26.9. The van der Waals surface area contributed by atoms with Gasteiger partial charge in [-0.15, -0.1) is 0 Å². The molecule has 0 unspecified atom stereocenters. The van der Waals surface area contributed by atoms with Crippen molar-refractivity contribution < 1.29 is 18.0 Å². The molecule has 0 bridgehead atoms. The molecule has 176 valence electrons. The van der Waals surface area contributed by atoms with Crippen molar-refractivity contribution in [2.45, 2.75) is 37.5 Å². The van der Waals surface area contributed by atoms with Crippen LogP contribution in [-0.2, 0) is 26.0 Å². The van der Waals surface area contributed by atoms with E-state index in [-0.39, 0.29) is 23.1 Å². The number of anilines is 1. The van der Waals surface area contributed by atoms with Gasteiger partial charge in [0.2, 0.25) is 21.8 Å². The Hall–Kier alpha value is -2.71. The highest BCUT2D eigenvalue weighted by atomic mass is 32.2. The van der Waals surface area contributed by atoms with E-state index < -0.39 is 15.9 Å². The summed E-state index contributed by atoms with van der Waals surface area (Å²) in [6, 6.07) is 16.4. The molecule has 33 heavy (non-hydrogen) atoms. The van der Waals surface area contributed by atoms with Gasteiger partial charge in [0.15, 0.2) is 0 Å². The second-order valence-electron chi connectivity index (χ2n) is 9.01. The standard InChI is InChI=1S/C25H31N3O4S/c1-19-12-15-27(16-13-19)33(31,32)23-9-7-22(8-10-23)28-18-21(17-24(28)29)25(30)26-14-11-20-5-3-2-4-6-20/h2-10,19,21H,11-18H2,1H3,(H,26,30)/t21-/m1/s1. The molecule has 4 rings (SSSR count). The molecule has 2 amide bonds. The third-order valence-corrected chi connectivity index (χ3v) is 8.49. The summed E-state index contributed by atoms with van der Waals surface area (Å²) < 4.78 is 27.4. The van der Waals surface area contributed by atoms with E-state index in [2.05, 4.69) is 12.2 Å². The zero-order valence-corrected chi connectivity index (χ0v) is 19.8. The van der Waals surface area contributed by atoms with E-state index in [1.807, 2.05) is 30.3 Å². The molecule has 0 saturated carbocycles. The van der Waals surface area contributed by atoms with Gasteiger partial charge in [0.05, 0.1) is 10.8 Å². The fourth-order valence-corrected chi connectivity index (χ4v) is 5.89. The van der Waals surface area contributed by atoms with Crippen molar-refractivity contribution in [2.75, 3.05) is 31.1 Å². The lowest BCUT2D eigenvalue weighted by molar-refractivity contribution is -0.126. The average molecular weight is 470 g/mol. The fraction of sp³-hybridized carbons (Fsp3) is 0.440. The van der Waals surface area contributed by atoms with Gasteiger partial charge in [0.25, 0.3) is 0 Å². The number of benzene rings is 2. The molecule has 8 heteroatoms. The Balaban J connectivity index is 1.34. The number of nitrogens with zero attached hydrogens (tertiary/aromatic N) is 2. The summed E-state index contributed by atoms with van der Waals surface area (Å²) >= 11 is 0. The summed E-state index contributed by atoms with van der Waals surface area (Å²) in [5.74, 6) is -0.116. The first-order chi connectivity index (χ1) is 15.8. The maximum atomic E-state index is 12.9. The van der Waals surface area contributed by atoms with Crippen LogP contribution in [-0.4, -0.2) is 50.7 Å². The predicted octanol–water partition coefficient (Wildman–Crippen LogP) is 2.82. The van der Waals surface area contributed by atoms with Crippen LogP contribution in [0.15, 0.2) is 59.5 Å². The number of carbonyl (C=O) groups excluding carboxylic acids is 2. The molecular weight excluding hydrogens is 438 g/mol. The second kappa shape index (κ2) is 10.1. The van der Waals surface area contributed by atoms with Crippen molar-refractivity contribution >= 4 is 27.5 Å². The quantitative estimate of drug-likeness (QED) is 0.676. The second-order valence-corrected chi connectivity index (χ2v) is 11.0. The third-order valence-electron chi connectivity index (χ3n) is 6.58. The zero-order valence-electron chi connectivity index (χ0n) is 18.9. The van der Waals surface area contributed by atoms with Crippen LogP contribution in [0.1, 0.15) is 31.7 Å². The Kier molecular flexibility index (Phi) is 7.14. The minimum Gasteiger partial charge on any atom is -0.355 e. The minimum atomic E-state index is -3.53. The van der Waals surface area contributed by atoms with Crippen molar-refractivity contribution in [3.8, 4) is 0 Å². The van der Waals surface area contributed by atoms with Gasteiger partial charge in [-0.3, -0.25) is 9.59 Å². The van der Waals surface area contributed by atoms with Crippen LogP contribution in [0.5, 0.6) is 0 Å². The number of piperidine rings is 1. The first-order valence-corrected chi connectivity index (χ1v) is 13.0. The van der Waals surface area contributed by atoms with E-state index in [9.17, 15) is 18.0 Å². The van der Waals surface area contributed by atoms with Crippen LogP contribution < -0.4 is 10.2 Å². The zero-order chi connectivity index (χ0) is 23.4. The number of hydrogen-bond acceptors (Lipinski definition) is 4. The smallest absolute Gasteiger partial charge is 0.243 e. The molecule has 2 fully saturated rings. The van der Waals surface area contributed by atoms with E-state index in [0.717, 1.165) is 24.8 Å². The minimum absolute atomic E-state index is 0.125. The normalized spacial score (nSPS) is 20.2. The molecule has 1 N–H and O–H groups in total. The largest absolute Gasteiger partial charge is 0.355 e. The van der Waals surface area contributed by atoms with Gasteiger partial charge in [0, 0.05) is 38.3 Å². The van der Waals surface area contributed by atoms with Crippen LogP contribution in [0.4, 0.5) is 5.69 Å². The number of hydrogen-bond donors (Lipinski definition) is 1. The van der Waals surface area contributed by atoms with E-state index in [1.54, 1.807) is 33.5 Å². The Bertz CT molecular complexity index is 1080. The van der Waals surface area contributed by atoms with E-state index in [4.69, 9.17) is 0 Å². The first-order valence-electron chi connectivity index (χ1n) is 11.6. The molecule has 2 aromatic rings. The van der Waals surface area contributed by atoms with Crippen LogP contribution >= 0.6 is 0 Å². The molecule has 0 aromatic heterocycles. The fourth-order valence-electron chi connectivity index (χ4n) is 4.42. The van der Waals surface area contributed by atoms with E-state index in [0.29, 0.717) is 37.8 Å². The van der Waals surface area contributed by atoms with Gasteiger partial charge in [0.1, 0.15) is 0 Å². The molecule has 2 aromatic carbocycles. The number of nitrogens with one attached hydrogen (secondary N) is 1. The number of rotatable bonds is 7. The van der Waals surface area contributed by atoms with Gasteiger partial charge in [-0.1, -0.05) is 37.3 Å². The topological polar surface area (TPSA) is 86.8 Å². The highest BCUT2D eigenvalue weighted by Crippen LogP contribution is 2.28. The molecule has 2 aliphatic heterocycles. The van der Waals surface area contributed by atoms with Crippen molar-refractivity contribution in [2.24, 2.45) is 11.8 Å². The maximum Gasteiger partial charge on any atom is 0.243 e. The monoisotopic (exact) mass is 469 g/mol. The Morgan fingerprint density at radius 2 is 1.70 bits per heavy atom. The van der Waals surface area contributed by atoms with Gasteiger partial charge in [-0.05, 0) is 55.0 Å². The third kappa shape index (κ3) is 5.45. The predicted molar refractivity (Wildman–Crippen MR) is 127 cm³/mol. The Morgan fingerprint density at radius 3 is 2.36 bits per heavy atom. The van der Waals surface area contributed by atoms with Crippen LogP contribution in [0.2, 0.25) is 0 Å². The maximum absolute atomic E-state index is 12.9. The summed E-state index contributed by atoms with van der Waals surface area (Å²) in [6.07, 6.45) is 2.63. The number of amides is 2. The SMILES string of the molecule is CC1CCN(S(=O)(=O)c2ccc(N3C[C@H](C(=O)NCCc4ccccc4)CC3=O)cc2)CC1. The Labute approximate surface area is 195 Å². The number of carbonyl (C=O) groups is 2.